The summed E-state index contributed by atoms with van der Waals surface area (Å²) in [5, 5.41) is 3.07. The van der Waals surface area contributed by atoms with E-state index >= 15 is 0 Å². The second kappa shape index (κ2) is 5.08. The predicted octanol–water partition coefficient (Wildman–Crippen LogP) is 2.77. The van der Waals surface area contributed by atoms with Crippen LogP contribution in [-0.2, 0) is 6.18 Å². The van der Waals surface area contributed by atoms with Crippen molar-refractivity contribution < 1.29 is 13.2 Å². The second-order valence-electron chi connectivity index (χ2n) is 5.68. The summed E-state index contributed by atoms with van der Waals surface area (Å²) in [5.41, 5.74) is 1.08. The fourth-order valence-electron chi connectivity index (χ4n) is 2.50. The fraction of sp³-hybridized carbons (Fsp3) is 0.667. The van der Waals surface area contributed by atoms with Gasteiger partial charge in [0.1, 0.15) is 5.82 Å². The normalized spacial score (nSPS) is 21.8. The Balaban J connectivity index is 2.27. The summed E-state index contributed by atoms with van der Waals surface area (Å²) in [7, 11) is 0. The van der Waals surface area contributed by atoms with Crippen LogP contribution in [0.2, 0.25) is 0 Å². The topological polar surface area (TPSA) is 75.9 Å². The van der Waals surface area contributed by atoms with E-state index in [9.17, 15) is 13.2 Å². The van der Waals surface area contributed by atoms with Crippen molar-refractivity contribution >= 4 is 11.8 Å². The summed E-state index contributed by atoms with van der Waals surface area (Å²) in [4.78, 5) is 7.26. The lowest BCUT2D eigenvalue weighted by molar-refractivity contribution is -0.141. The van der Waals surface area contributed by atoms with Gasteiger partial charge in [-0.05, 0) is 18.3 Å². The molecule has 0 aromatic carbocycles. The first-order chi connectivity index (χ1) is 9.22. The van der Waals surface area contributed by atoms with Crippen molar-refractivity contribution in [1.82, 2.24) is 9.97 Å². The zero-order chi connectivity index (χ0) is 15.0. The van der Waals surface area contributed by atoms with E-state index in [-0.39, 0.29) is 23.2 Å². The second-order valence-corrected chi connectivity index (χ2v) is 5.68. The zero-order valence-electron chi connectivity index (χ0n) is 11.4. The molecule has 1 heterocycles. The van der Waals surface area contributed by atoms with E-state index in [1.165, 1.54) is 0 Å². The number of nitrogens with two attached hydrogens (primary N) is 1. The molecule has 1 aromatic heterocycles. The van der Waals surface area contributed by atoms with E-state index in [0.29, 0.717) is 0 Å². The Labute approximate surface area is 115 Å². The van der Waals surface area contributed by atoms with E-state index in [0.717, 1.165) is 25.3 Å². The van der Waals surface area contributed by atoms with Crippen LogP contribution in [-0.4, -0.2) is 16.0 Å². The molecule has 1 unspecified atom stereocenters. The third-order valence-electron chi connectivity index (χ3n) is 3.73. The van der Waals surface area contributed by atoms with Gasteiger partial charge in [-0.2, -0.15) is 18.2 Å². The lowest BCUT2D eigenvalue weighted by atomic mass is 9.87. The van der Waals surface area contributed by atoms with Crippen molar-refractivity contribution in [3.05, 3.63) is 11.8 Å². The van der Waals surface area contributed by atoms with Gasteiger partial charge in [0.05, 0.1) is 0 Å². The fourth-order valence-corrected chi connectivity index (χ4v) is 2.50. The molecule has 1 fully saturated rings. The minimum atomic E-state index is -4.53. The highest BCUT2D eigenvalue weighted by Gasteiger charge is 2.36. The van der Waals surface area contributed by atoms with E-state index in [4.69, 9.17) is 5.84 Å². The minimum absolute atomic E-state index is 0.0274. The molecule has 1 atom stereocenters. The first kappa shape index (κ1) is 14.8. The van der Waals surface area contributed by atoms with Gasteiger partial charge >= 0.3 is 6.18 Å². The molecule has 2 rings (SSSR count). The van der Waals surface area contributed by atoms with Gasteiger partial charge in [0.25, 0.3) is 0 Å². The maximum absolute atomic E-state index is 12.8. The molecule has 0 radical (unpaired) electrons. The number of anilines is 2. The summed E-state index contributed by atoms with van der Waals surface area (Å²) in [6.07, 6.45) is -1.55. The minimum Gasteiger partial charge on any atom is -0.367 e. The summed E-state index contributed by atoms with van der Waals surface area (Å²) in [5.74, 6) is 5.01. The largest absolute Gasteiger partial charge is 0.433 e. The van der Waals surface area contributed by atoms with Gasteiger partial charge in [0.15, 0.2) is 5.69 Å². The number of rotatable bonds is 3. The number of nitrogens with one attached hydrogen (secondary N) is 2. The summed E-state index contributed by atoms with van der Waals surface area (Å²) in [6, 6.07) is 0.999. The Morgan fingerprint density at radius 3 is 2.55 bits per heavy atom. The number of nitrogen functional groups attached to an aromatic ring is 1. The van der Waals surface area contributed by atoms with Crippen LogP contribution in [0.25, 0.3) is 0 Å². The van der Waals surface area contributed by atoms with Crippen LogP contribution in [0.1, 0.15) is 38.8 Å². The average molecular weight is 289 g/mol. The smallest absolute Gasteiger partial charge is 0.367 e. The third-order valence-corrected chi connectivity index (χ3v) is 3.73. The molecule has 1 aliphatic rings. The summed E-state index contributed by atoms with van der Waals surface area (Å²) >= 11 is 0. The van der Waals surface area contributed by atoms with Crippen LogP contribution in [0.15, 0.2) is 6.07 Å². The highest BCUT2D eigenvalue weighted by Crippen LogP contribution is 2.39. The van der Waals surface area contributed by atoms with Crippen LogP contribution >= 0.6 is 0 Å². The first-order valence-electron chi connectivity index (χ1n) is 6.42. The molecule has 1 aromatic rings. The van der Waals surface area contributed by atoms with Crippen LogP contribution < -0.4 is 16.6 Å². The molecule has 112 valence electrons. The molecule has 4 N–H and O–H groups in total. The molecule has 1 aliphatic carbocycles. The van der Waals surface area contributed by atoms with Crippen LogP contribution in [0.3, 0.4) is 0 Å². The van der Waals surface area contributed by atoms with Gasteiger partial charge < -0.3 is 5.32 Å². The molecular weight excluding hydrogens is 271 g/mol. The lowest BCUT2D eigenvalue weighted by Crippen LogP contribution is -2.31. The van der Waals surface area contributed by atoms with E-state index in [2.05, 4.69) is 34.6 Å². The van der Waals surface area contributed by atoms with Crippen LogP contribution in [0.5, 0.6) is 0 Å². The first-order valence-corrected chi connectivity index (χ1v) is 6.42. The van der Waals surface area contributed by atoms with Gasteiger partial charge in [0, 0.05) is 12.1 Å². The Hall–Kier alpha value is -1.57. The van der Waals surface area contributed by atoms with Crippen molar-refractivity contribution in [2.45, 2.75) is 45.3 Å². The molecule has 0 spiro atoms. The molecule has 5 nitrogen and oxygen atoms in total. The van der Waals surface area contributed by atoms with Gasteiger partial charge in [-0.3, -0.25) is 5.43 Å². The monoisotopic (exact) mass is 289 g/mol. The molecule has 1 saturated carbocycles. The van der Waals surface area contributed by atoms with E-state index in [1.54, 1.807) is 0 Å². The van der Waals surface area contributed by atoms with Crippen molar-refractivity contribution in [3.8, 4) is 0 Å². The zero-order valence-corrected chi connectivity index (χ0v) is 11.4. The van der Waals surface area contributed by atoms with Gasteiger partial charge in [0.2, 0.25) is 5.95 Å². The number of hydrogen-bond donors (Lipinski definition) is 3. The number of aromatic nitrogens is 2. The molecule has 20 heavy (non-hydrogen) atoms. The number of alkyl halides is 3. The lowest BCUT2D eigenvalue weighted by Gasteiger charge is -2.28. The van der Waals surface area contributed by atoms with Crippen molar-refractivity contribution in [1.29, 1.82) is 0 Å². The van der Waals surface area contributed by atoms with Gasteiger partial charge in [-0.15, -0.1) is 0 Å². The van der Waals surface area contributed by atoms with Crippen molar-refractivity contribution in [2.75, 3.05) is 10.7 Å². The molecular formula is C12H18F3N5. The van der Waals surface area contributed by atoms with Gasteiger partial charge in [-0.25, -0.2) is 10.8 Å². The molecule has 0 saturated heterocycles. The Bertz CT molecular complexity index is 486. The number of halogens is 3. The molecule has 0 amide bonds. The SMILES string of the molecule is CC1(C)CCCC1Nc1cc(C(F)(F)F)nc(NN)n1. The quantitative estimate of drug-likeness (QED) is 0.589. The van der Waals surface area contributed by atoms with Crippen molar-refractivity contribution in [3.63, 3.8) is 0 Å². The number of hydrogen-bond acceptors (Lipinski definition) is 5. The van der Waals surface area contributed by atoms with E-state index < -0.39 is 11.9 Å². The molecule has 8 heteroatoms. The summed E-state index contributed by atoms with van der Waals surface area (Å²) in [6.45, 7) is 4.18. The van der Waals surface area contributed by atoms with E-state index in [1.807, 2.05) is 0 Å². The Morgan fingerprint density at radius 1 is 1.35 bits per heavy atom. The van der Waals surface area contributed by atoms with Gasteiger partial charge in [-0.1, -0.05) is 20.3 Å². The predicted molar refractivity (Wildman–Crippen MR) is 69.9 cm³/mol. The van der Waals surface area contributed by atoms with Crippen LogP contribution in [0, 0.1) is 5.41 Å². The van der Waals surface area contributed by atoms with Crippen LogP contribution in [0.4, 0.5) is 24.9 Å². The number of hydrazine groups is 1. The Kier molecular flexibility index (Phi) is 3.77. The highest BCUT2D eigenvalue weighted by molar-refractivity contribution is 5.44. The highest BCUT2D eigenvalue weighted by atomic mass is 19.4. The van der Waals surface area contributed by atoms with Crippen molar-refractivity contribution in [2.24, 2.45) is 11.3 Å². The maximum Gasteiger partial charge on any atom is 0.433 e. The molecule has 0 bridgehead atoms. The number of nitrogens with zero attached hydrogens (tertiary/aromatic N) is 2. The summed E-state index contributed by atoms with van der Waals surface area (Å²) < 4.78 is 38.3. The maximum atomic E-state index is 12.8. The standard InChI is InChI=1S/C12H18F3N5/c1-11(2)5-3-4-7(11)17-9-6-8(12(13,14)15)18-10(19-9)20-16/h6-7H,3-5,16H2,1-2H3,(H2,17,18,19,20). The average Bonchev–Trinajstić information content (AvgIpc) is 2.67. The molecule has 0 aliphatic heterocycles. The Morgan fingerprint density at radius 2 is 2.05 bits per heavy atom. The third kappa shape index (κ3) is 3.12.